The molecule has 0 rings (SSSR count). The van der Waals surface area contributed by atoms with Gasteiger partial charge in [0.25, 0.3) is 0 Å². The van der Waals surface area contributed by atoms with E-state index in [0.29, 0.717) is 19.3 Å². The molecule has 6 nitrogen and oxygen atoms in total. The molecular formula is C68H118O6. The van der Waals surface area contributed by atoms with Crippen LogP contribution >= 0.6 is 0 Å². The average molecular weight is 1030 g/mol. The van der Waals surface area contributed by atoms with Crippen molar-refractivity contribution >= 4 is 17.9 Å². The molecule has 1 unspecified atom stereocenters. The molecular weight excluding hydrogens is 913 g/mol. The number of allylic oxidation sites excluding steroid dienone is 14. The molecule has 6 heteroatoms. The highest BCUT2D eigenvalue weighted by Crippen LogP contribution is 2.17. The third-order valence-corrected chi connectivity index (χ3v) is 13.6. The van der Waals surface area contributed by atoms with Gasteiger partial charge in [-0.15, -0.1) is 0 Å². The quantitative estimate of drug-likeness (QED) is 0.0261. The number of unbranched alkanes of at least 4 members (excludes halogenated alkanes) is 32. The van der Waals surface area contributed by atoms with E-state index in [-0.39, 0.29) is 31.1 Å². The molecule has 1 atom stereocenters. The third-order valence-electron chi connectivity index (χ3n) is 13.6. The first kappa shape index (κ1) is 70.6. The molecule has 0 aromatic rings. The van der Waals surface area contributed by atoms with Crippen LogP contribution in [0.15, 0.2) is 85.1 Å². The number of hydrogen-bond acceptors (Lipinski definition) is 6. The molecule has 0 bridgehead atoms. The van der Waals surface area contributed by atoms with Crippen LogP contribution in [0.25, 0.3) is 0 Å². The van der Waals surface area contributed by atoms with Gasteiger partial charge >= 0.3 is 17.9 Å². The van der Waals surface area contributed by atoms with Crippen LogP contribution in [0.4, 0.5) is 0 Å². The lowest BCUT2D eigenvalue weighted by molar-refractivity contribution is -0.167. The van der Waals surface area contributed by atoms with Gasteiger partial charge in [0.15, 0.2) is 6.10 Å². The second-order valence-electron chi connectivity index (χ2n) is 20.9. The van der Waals surface area contributed by atoms with Crippen LogP contribution in [0.5, 0.6) is 0 Å². The standard InChI is InChI=1S/C68H118O6/c1-4-7-10-13-16-19-21-23-25-26-27-28-29-30-31-32-33-34-35-36-37-38-39-40-41-42-44-45-47-49-52-55-58-61-67(70)73-64-65(63-72-66(69)60-57-54-51-18-15-12-9-6-3)74-68(71)62-59-56-53-50-48-46-43-24-22-20-17-14-11-8-5-2/h7,10,16-17,19-20,23-25,27-28,30-31,43,65H,4-6,8-9,11-15,18,21-22,26,29,32-42,44-64H2,1-3H3/b10-7-,19-16-,20-17-,25-23-,28-27-,31-30-,43-24-. The monoisotopic (exact) mass is 1030 g/mol. The van der Waals surface area contributed by atoms with E-state index in [4.69, 9.17) is 14.2 Å². The Hall–Kier alpha value is -3.41. The van der Waals surface area contributed by atoms with Gasteiger partial charge < -0.3 is 14.2 Å². The molecule has 0 aliphatic heterocycles. The van der Waals surface area contributed by atoms with E-state index in [1.54, 1.807) is 0 Å². The molecule has 0 fully saturated rings. The summed E-state index contributed by atoms with van der Waals surface area (Å²) in [6.07, 6.45) is 81.9. The summed E-state index contributed by atoms with van der Waals surface area (Å²) in [5, 5.41) is 0. The fraction of sp³-hybridized carbons (Fsp3) is 0.750. The fourth-order valence-corrected chi connectivity index (χ4v) is 8.91. The van der Waals surface area contributed by atoms with Crippen LogP contribution in [0.1, 0.15) is 310 Å². The maximum atomic E-state index is 12.8. The van der Waals surface area contributed by atoms with Crippen molar-refractivity contribution < 1.29 is 28.6 Å². The van der Waals surface area contributed by atoms with Crippen LogP contribution in [0.3, 0.4) is 0 Å². The van der Waals surface area contributed by atoms with Gasteiger partial charge in [-0.1, -0.05) is 279 Å². The van der Waals surface area contributed by atoms with Crippen molar-refractivity contribution in [2.24, 2.45) is 0 Å². The van der Waals surface area contributed by atoms with Crippen molar-refractivity contribution in [3.63, 3.8) is 0 Å². The summed E-state index contributed by atoms with van der Waals surface area (Å²) >= 11 is 0. The Morgan fingerprint density at radius 1 is 0.284 bits per heavy atom. The first-order valence-corrected chi connectivity index (χ1v) is 31.6. The lowest BCUT2D eigenvalue weighted by Crippen LogP contribution is -2.30. The van der Waals surface area contributed by atoms with Crippen LogP contribution in [0.2, 0.25) is 0 Å². The summed E-state index contributed by atoms with van der Waals surface area (Å²) in [5.74, 6) is -0.886. The van der Waals surface area contributed by atoms with Gasteiger partial charge in [0.05, 0.1) is 0 Å². The van der Waals surface area contributed by atoms with Crippen molar-refractivity contribution in [3.8, 4) is 0 Å². The summed E-state index contributed by atoms with van der Waals surface area (Å²) in [5.41, 5.74) is 0. The van der Waals surface area contributed by atoms with Crippen molar-refractivity contribution in [1.82, 2.24) is 0 Å². The highest BCUT2D eigenvalue weighted by molar-refractivity contribution is 5.71. The maximum Gasteiger partial charge on any atom is 0.306 e. The predicted molar refractivity (Wildman–Crippen MR) is 321 cm³/mol. The number of carbonyl (C=O) groups excluding carboxylic acids is 3. The lowest BCUT2D eigenvalue weighted by atomic mass is 10.0. The van der Waals surface area contributed by atoms with Gasteiger partial charge in [-0.05, 0) is 96.3 Å². The Bertz CT molecular complexity index is 1420. The van der Waals surface area contributed by atoms with Gasteiger partial charge in [-0.2, -0.15) is 0 Å². The van der Waals surface area contributed by atoms with E-state index in [2.05, 4.69) is 106 Å². The zero-order valence-electron chi connectivity index (χ0n) is 48.8. The summed E-state index contributed by atoms with van der Waals surface area (Å²) in [6.45, 7) is 6.48. The van der Waals surface area contributed by atoms with Crippen LogP contribution < -0.4 is 0 Å². The van der Waals surface area contributed by atoms with Crippen molar-refractivity contribution in [2.75, 3.05) is 13.2 Å². The number of ether oxygens (including phenoxy) is 3. The number of carbonyl (C=O) groups is 3. The van der Waals surface area contributed by atoms with Crippen LogP contribution in [-0.2, 0) is 28.6 Å². The normalized spacial score (nSPS) is 12.6. The zero-order chi connectivity index (χ0) is 53.6. The van der Waals surface area contributed by atoms with Gasteiger partial charge in [-0.3, -0.25) is 14.4 Å². The second-order valence-corrected chi connectivity index (χ2v) is 20.9. The van der Waals surface area contributed by atoms with Crippen LogP contribution in [0, 0.1) is 0 Å². The predicted octanol–water partition coefficient (Wildman–Crippen LogP) is 21.5. The Kier molecular flexibility index (Phi) is 59.3. The molecule has 0 aliphatic rings. The minimum Gasteiger partial charge on any atom is -0.462 e. The van der Waals surface area contributed by atoms with E-state index in [1.807, 2.05) is 0 Å². The average Bonchev–Trinajstić information content (AvgIpc) is 3.40. The van der Waals surface area contributed by atoms with E-state index in [9.17, 15) is 14.4 Å². The molecule has 0 aliphatic carbocycles. The van der Waals surface area contributed by atoms with E-state index < -0.39 is 6.10 Å². The molecule has 0 amide bonds. The lowest BCUT2D eigenvalue weighted by Gasteiger charge is -2.18. The van der Waals surface area contributed by atoms with Crippen molar-refractivity contribution in [1.29, 1.82) is 0 Å². The smallest absolute Gasteiger partial charge is 0.306 e. The Labute approximate surface area is 458 Å². The summed E-state index contributed by atoms with van der Waals surface area (Å²) in [4.78, 5) is 38.0. The molecule has 0 saturated heterocycles. The van der Waals surface area contributed by atoms with E-state index in [0.717, 1.165) is 116 Å². The summed E-state index contributed by atoms with van der Waals surface area (Å²) in [7, 11) is 0. The molecule has 0 N–H and O–H groups in total. The topological polar surface area (TPSA) is 78.9 Å². The number of esters is 3. The van der Waals surface area contributed by atoms with Crippen molar-refractivity contribution in [2.45, 2.75) is 316 Å². The number of rotatable bonds is 57. The van der Waals surface area contributed by atoms with Gasteiger partial charge in [0.2, 0.25) is 0 Å². The SMILES string of the molecule is CC/C=C\C/C=C\C/C=C\C/C=C\C/C=C\CCCCCCCCCCCCCCCCCCCC(=O)OCC(COC(=O)CCCCCCCCCC)OC(=O)CCCCCCC/C=C\C/C=C\CCCCC. The first-order chi connectivity index (χ1) is 36.5. The summed E-state index contributed by atoms with van der Waals surface area (Å²) in [6, 6.07) is 0. The molecule has 0 spiro atoms. The van der Waals surface area contributed by atoms with E-state index >= 15 is 0 Å². The second kappa shape index (κ2) is 62.1. The fourth-order valence-electron chi connectivity index (χ4n) is 8.91. The van der Waals surface area contributed by atoms with Gasteiger partial charge in [0.1, 0.15) is 13.2 Å². The summed E-state index contributed by atoms with van der Waals surface area (Å²) < 4.78 is 16.8. The first-order valence-electron chi connectivity index (χ1n) is 31.6. The third kappa shape index (κ3) is 59.5. The maximum absolute atomic E-state index is 12.8. The molecule has 426 valence electrons. The Balaban J connectivity index is 4.05. The molecule has 0 aromatic carbocycles. The van der Waals surface area contributed by atoms with Gasteiger partial charge in [-0.25, -0.2) is 0 Å². The molecule has 0 radical (unpaired) electrons. The van der Waals surface area contributed by atoms with Gasteiger partial charge in [0, 0.05) is 19.3 Å². The Morgan fingerprint density at radius 2 is 0.527 bits per heavy atom. The minimum atomic E-state index is -0.779. The Morgan fingerprint density at radius 3 is 0.851 bits per heavy atom. The number of hydrogen-bond donors (Lipinski definition) is 0. The zero-order valence-corrected chi connectivity index (χ0v) is 48.8. The highest BCUT2D eigenvalue weighted by Gasteiger charge is 2.19. The molecule has 0 saturated carbocycles. The highest BCUT2D eigenvalue weighted by atomic mass is 16.6. The molecule has 0 heterocycles. The van der Waals surface area contributed by atoms with Crippen molar-refractivity contribution in [3.05, 3.63) is 85.1 Å². The molecule has 0 aromatic heterocycles. The van der Waals surface area contributed by atoms with Crippen LogP contribution in [-0.4, -0.2) is 37.2 Å². The largest absolute Gasteiger partial charge is 0.462 e. The minimum absolute atomic E-state index is 0.0780. The molecule has 74 heavy (non-hydrogen) atoms. The van der Waals surface area contributed by atoms with E-state index in [1.165, 1.54) is 154 Å².